The van der Waals surface area contributed by atoms with Crippen LogP contribution in [-0.4, -0.2) is 16.2 Å². The van der Waals surface area contributed by atoms with Crippen molar-refractivity contribution in [2.45, 2.75) is 84.0 Å². The average Bonchev–Trinajstić information content (AvgIpc) is 1.57. The molecule has 0 saturated heterocycles. The molecular formula is C85H73N5O. The molecule has 0 radical (unpaired) electrons. The highest BCUT2D eigenvalue weighted by molar-refractivity contribution is 6.10. The number of ether oxygens (including phenoxy) is 1. The van der Waals surface area contributed by atoms with Crippen molar-refractivity contribution in [1.82, 2.24) is 9.55 Å². The van der Waals surface area contributed by atoms with E-state index < -0.39 is 5.41 Å². The maximum Gasteiger partial charge on any atom is 0.137 e. The van der Waals surface area contributed by atoms with Gasteiger partial charge in [-0.15, -0.1) is 0 Å². The Morgan fingerprint density at radius 1 is 0.374 bits per heavy atom. The van der Waals surface area contributed by atoms with E-state index in [2.05, 4.69) is 342 Å². The van der Waals surface area contributed by atoms with Gasteiger partial charge in [0.05, 0.1) is 44.9 Å². The molecule has 2 aromatic heterocycles. The summed E-state index contributed by atoms with van der Waals surface area (Å²) in [4.78, 5) is 12.5. The minimum Gasteiger partial charge on any atom is -0.457 e. The molecule has 444 valence electrons. The third-order valence-electron chi connectivity index (χ3n) is 19.4. The standard InChI is InChI=1S/C85H73N5O/c1-82(2,3)56-46-47-86-79(51-56)90-73-39-18-14-30-64(73)65-45-44-62(53-78(65)90)91-61-29-23-28-60(52-61)87-54-88(77-43-22-21-42-76(77)87)81-63(55-48-57(83(4,5)6)50-58(49-55)84(7,8)9)32-24-34-67(81)66-33-25-38-72-80(66)68-31-13-15-35-69(68)85(72)70-36-16-19-40-74(70)89(59-26-11-10-12-27-59)75-41-20-17-37-71(75)85/h10-53H,54H2,1-9H3. The Balaban J connectivity index is 0.866. The van der Waals surface area contributed by atoms with Crippen molar-refractivity contribution in [3.63, 3.8) is 0 Å². The Bertz CT molecular complexity index is 4970. The van der Waals surface area contributed by atoms with Gasteiger partial charge in [0.2, 0.25) is 0 Å². The summed E-state index contributed by atoms with van der Waals surface area (Å²) >= 11 is 0. The van der Waals surface area contributed by atoms with Crippen LogP contribution in [0, 0.1) is 0 Å². The molecule has 6 nitrogen and oxygen atoms in total. The van der Waals surface area contributed by atoms with E-state index >= 15 is 0 Å². The Morgan fingerprint density at radius 2 is 0.912 bits per heavy atom. The van der Waals surface area contributed by atoms with Crippen LogP contribution in [0.1, 0.15) is 101 Å². The molecule has 1 spiro atoms. The topological polar surface area (TPSA) is 36.8 Å². The molecule has 0 unspecified atom stereocenters. The molecule has 0 N–H and O–H groups in total. The lowest BCUT2D eigenvalue weighted by Crippen LogP contribution is -2.36. The number of fused-ring (bicyclic) bond motifs is 13. The fourth-order valence-corrected chi connectivity index (χ4v) is 14.9. The van der Waals surface area contributed by atoms with E-state index in [0.29, 0.717) is 6.67 Å². The van der Waals surface area contributed by atoms with Crippen molar-refractivity contribution in [3.8, 4) is 50.7 Å². The molecule has 0 saturated carbocycles. The number of anilines is 7. The number of para-hydroxylation sites is 7. The molecule has 4 heterocycles. The van der Waals surface area contributed by atoms with Gasteiger partial charge < -0.3 is 19.4 Å². The van der Waals surface area contributed by atoms with Gasteiger partial charge in [0.15, 0.2) is 0 Å². The van der Waals surface area contributed by atoms with E-state index in [1.165, 1.54) is 89.1 Å². The van der Waals surface area contributed by atoms with E-state index in [1.54, 1.807) is 0 Å². The highest BCUT2D eigenvalue weighted by atomic mass is 16.5. The van der Waals surface area contributed by atoms with Gasteiger partial charge >= 0.3 is 0 Å². The van der Waals surface area contributed by atoms with E-state index in [4.69, 9.17) is 9.72 Å². The summed E-state index contributed by atoms with van der Waals surface area (Å²) in [6.07, 6.45) is 1.93. The first-order valence-electron chi connectivity index (χ1n) is 32.0. The largest absolute Gasteiger partial charge is 0.457 e. The van der Waals surface area contributed by atoms with Gasteiger partial charge in [0.25, 0.3) is 0 Å². The zero-order valence-electron chi connectivity index (χ0n) is 53.3. The maximum absolute atomic E-state index is 7.00. The summed E-state index contributed by atoms with van der Waals surface area (Å²) < 4.78 is 9.28. The first-order chi connectivity index (χ1) is 44.0. The third-order valence-corrected chi connectivity index (χ3v) is 19.4. The van der Waals surface area contributed by atoms with Gasteiger partial charge in [0, 0.05) is 51.6 Å². The normalized spacial score (nSPS) is 14.0. The number of pyridine rings is 1. The summed E-state index contributed by atoms with van der Waals surface area (Å²) in [6, 6.07) is 96.8. The molecular weight excluding hydrogens is 1110 g/mol. The highest BCUT2D eigenvalue weighted by Gasteiger charge is 2.52. The molecule has 0 fully saturated rings. The van der Waals surface area contributed by atoms with Crippen LogP contribution in [-0.2, 0) is 21.7 Å². The first kappa shape index (κ1) is 55.9. The number of rotatable bonds is 8. The fraction of sp³-hybridized carbons (Fsp3) is 0.165. The van der Waals surface area contributed by atoms with Crippen LogP contribution in [0.5, 0.6) is 11.5 Å². The van der Waals surface area contributed by atoms with Crippen LogP contribution in [0.2, 0.25) is 0 Å². The summed E-state index contributed by atoms with van der Waals surface area (Å²) in [6.45, 7) is 21.3. The molecule has 0 bridgehead atoms. The molecule has 16 rings (SSSR count). The van der Waals surface area contributed by atoms with Gasteiger partial charge in [-0.25, -0.2) is 4.98 Å². The van der Waals surface area contributed by atoms with E-state index in [-0.39, 0.29) is 16.2 Å². The summed E-state index contributed by atoms with van der Waals surface area (Å²) in [5, 5.41) is 2.33. The number of hydrogen-bond donors (Lipinski definition) is 0. The minimum absolute atomic E-state index is 0.0369. The molecule has 1 aliphatic carbocycles. The fourth-order valence-electron chi connectivity index (χ4n) is 14.9. The molecule has 91 heavy (non-hydrogen) atoms. The summed E-state index contributed by atoms with van der Waals surface area (Å²) in [7, 11) is 0. The Hall–Kier alpha value is -10.4. The van der Waals surface area contributed by atoms with Crippen LogP contribution in [0.3, 0.4) is 0 Å². The van der Waals surface area contributed by atoms with Crippen LogP contribution in [0.25, 0.3) is 61.0 Å². The molecule has 3 aliphatic rings. The second kappa shape index (κ2) is 20.8. The lowest BCUT2D eigenvalue weighted by atomic mass is 9.64. The summed E-state index contributed by atoms with van der Waals surface area (Å²) in [5.74, 6) is 2.39. The lowest BCUT2D eigenvalue weighted by molar-refractivity contribution is 0.483. The van der Waals surface area contributed by atoms with Crippen LogP contribution < -0.4 is 19.4 Å². The van der Waals surface area contributed by atoms with Crippen LogP contribution in [0.15, 0.2) is 267 Å². The van der Waals surface area contributed by atoms with Gasteiger partial charge in [-0.05, 0) is 156 Å². The quantitative estimate of drug-likeness (QED) is 0.152. The second-order valence-electron chi connectivity index (χ2n) is 28.0. The van der Waals surface area contributed by atoms with Crippen LogP contribution in [0.4, 0.5) is 39.8 Å². The number of nitrogens with zero attached hydrogens (tertiary/aromatic N) is 5. The number of benzene rings is 11. The van der Waals surface area contributed by atoms with E-state index in [9.17, 15) is 0 Å². The monoisotopic (exact) mass is 1180 g/mol. The summed E-state index contributed by atoms with van der Waals surface area (Å²) in [5.41, 5.74) is 25.5. The molecule has 0 atom stereocenters. The Labute approximate surface area is 534 Å². The van der Waals surface area contributed by atoms with Gasteiger partial charge in [-0.3, -0.25) is 4.57 Å². The predicted octanol–water partition coefficient (Wildman–Crippen LogP) is 22.6. The number of aromatic nitrogens is 2. The molecule has 13 aromatic rings. The average molecular weight is 1180 g/mol. The molecule has 11 aromatic carbocycles. The number of hydrogen-bond acceptors (Lipinski definition) is 5. The third kappa shape index (κ3) is 8.93. The van der Waals surface area contributed by atoms with Crippen molar-refractivity contribution < 1.29 is 4.74 Å². The van der Waals surface area contributed by atoms with Crippen molar-refractivity contribution in [3.05, 3.63) is 306 Å². The van der Waals surface area contributed by atoms with Gasteiger partial charge in [-0.2, -0.15) is 0 Å². The smallest absolute Gasteiger partial charge is 0.137 e. The maximum atomic E-state index is 7.00. The predicted molar refractivity (Wildman–Crippen MR) is 380 cm³/mol. The first-order valence-corrected chi connectivity index (χ1v) is 32.0. The van der Waals surface area contributed by atoms with Crippen molar-refractivity contribution >= 4 is 61.6 Å². The second-order valence-corrected chi connectivity index (χ2v) is 28.0. The molecule has 0 amide bonds. The van der Waals surface area contributed by atoms with Crippen molar-refractivity contribution in [2.75, 3.05) is 21.4 Å². The zero-order chi connectivity index (χ0) is 62.1. The molecule has 6 heteroatoms. The zero-order valence-corrected chi connectivity index (χ0v) is 53.3. The van der Waals surface area contributed by atoms with Crippen molar-refractivity contribution in [2.24, 2.45) is 0 Å². The lowest BCUT2D eigenvalue weighted by Gasteiger charge is -2.45. The van der Waals surface area contributed by atoms with Crippen LogP contribution >= 0.6 is 0 Å². The molecule has 2 aliphatic heterocycles. The van der Waals surface area contributed by atoms with E-state index in [1.807, 2.05) is 6.20 Å². The van der Waals surface area contributed by atoms with Gasteiger partial charge in [-0.1, -0.05) is 232 Å². The Morgan fingerprint density at radius 3 is 1.63 bits per heavy atom. The SMILES string of the molecule is CC(C)(C)c1cc(-c2cccc(-c3cccc4c3-c3ccccc3C43c4ccccc4N(c4ccccc4)c4ccccc43)c2N2CN(c3cccc(Oc4ccc5c6ccccc6n(-c6cc(C(C)(C)C)ccn6)c5c4)c3)c3ccccc32)cc(C(C)(C)C)c1. The van der Waals surface area contributed by atoms with Crippen molar-refractivity contribution in [1.29, 1.82) is 0 Å². The highest BCUT2D eigenvalue weighted by Crippen LogP contribution is 2.65. The van der Waals surface area contributed by atoms with Gasteiger partial charge in [0.1, 0.15) is 24.0 Å². The minimum atomic E-state index is -0.621. The Kier molecular flexibility index (Phi) is 12.8. The van der Waals surface area contributed by atoms with E-state index in [0.717, 1.165) is 62.2 Å².